The molecule has 0 fully saturated rings. The molecule has 9 heteroatoms. The van der Waals surface area contributed by atoms with Crippen LogP contribution in [-0.2, 0) is 14.9 Å². The molecule has 0 saturated heterocycles. The van der Waals surface area contributed by atoms with Gasteiger partial charge in [-0.3, -0.25) is 9.35 Å². The van der Waals surface area contributed by atoms with Crippen molar-refractivity contribution in [2.45, 2.75) is 25.7 Å². The van der Waals surface area contributed by atoms with Crippen LogP contribution in [0.15, 0.2) is 87.4 Å². The molecule has 0 unspecified atom stereocenters. The number of nitrogens with zero attached hydrogens (tertiary/aromatic N) is 3. The number of anilines is 2. The molecule has 0 saturated carbocycles. The summed E-state index contributed by atoms with van der Waals surface area (Å²) in [6.45, 7) is 6.24. The molecule has 0 aromatic heterocycles. The molecule has 8 nitrogen and oxygen atoms in total. The number of hydrogen-bond donors (Lipinski definition) is 1. The Morgan fingerprint density at radius 2 is 1.88 bits per heavy atom. The summed E-state index contributed by atoms with van der Waals surface area (Å²) in [7, 11) is -4.31. The number of benzene rings is 2. The van der Waals surface area contributed by atoms with Crippen LogP contribution in [0.1, 0.15) is 20.8 Å². The number of hydrazone groups is 1. The van der Waals surface area contributed by atoms with E-state index in [1.54, 1.807) is 19.9 Å². The predicted octanol–water partition coefficient (Wildman–Crippen LogP) is 3.89. The van der Waals surface area contributed by atoms with Gasteiger partial charge in [0, 0.05) is 6.54 Å². The highest BCUT2D eigenvalue weighted by molar-refractivity contribution is 7.85. The van der Waals surface area contributed by atoms with Gasteiger partial charge in [0.25, 0.3) is 16.0 Å². The quantitative estimate of drug-likeness (QED) is 0.430. The SMILES string of the molecule is CCN1C(=C=CC(C)=C2C(=O)N(c3ccc(S(=O)(=O)O)cc3)N=C2C)Oc2ccccc21. The number of amides is 1. The van der Waals surface area contributed by atoms with Crippen LogP contribution in [0.3, 0.4) is 0 Å². The molecule has 1 N–H and O–H groups in total. The lowest BCUT2D eigenvalue weighted by atomic mass is 10.1. The van der Waals surface area contributed by atoms with Gasteiger partial charge >= 0.3 is 0 Å². The van der Waals surface area contributed by atoms with Crippen LogP contribution in [0.25, 0.3) is 0 Å². The van der Waals surface area contributed by atoms with Crippen molar-refractivity contribution in [2.24, 2.45) is 5.10 Å². The molecular formula is C23H21N3O5S. The predicted molar refractivity (Wildman–Crippen MR) is 121 cm³/mol. The zero-order valence-electron chi connectivity index (χ0n) is 17.7. The summed E-state index contributed by atoms with van der Waals surface area (Å²) >= 11 is 0. The summed E-state index contributed by atoms with van der Waals surface area (Å²) in [4.78, 5) is 14.8. The van der Waals surface area contributed by atoms with Gasteiger partial charge in [-0.2, -0.15) is 18.5 Å². The van der Waals surface area contributed by atoms with Crippen molar-refractivity contribution < 1.29 is 22.5 Å². The average molecular weight is 452 g/mol. The topological polar surface area (TPSA) is 99.5 Å². The third kappa shape index (κ3) is 3.85. The second-order valence-corrected chi connectivity index (χ2v) is 8.66. The van der Waals surface area contributed by atoms with Gasteiger partial charge in [-0.15, -0.1) is 0 Å². The number of hydrogen-bond acceptors (Lipinski definition) is 6. The van der Waals surface area contributed by atoms with E-state index in [0.29, 0.717) is 35.0 Å². The van der Waals surface area contributed by atoms with Gasteiger partial charge < -0.3 is 9.64 Å². The Hall–Kier alpha value is -3.65. The molecule has 0 atom stereocenters. The van der Waals surface area contributed by atoms with Crippen LogP contribution in [0, 0.1) is 0 Å². The Bertz CT molecular complexity index is 1330. The van der Waals surface area contributed by atoms with Gasteiger partial charge in [0.2, 0.25) is 5.88 Å². The number of para-hydroxylation sites is 2. The highest BCUT2D eigenvalue weighted by atomic mass is 32.2. The summed E-state index contributed by atoms with van der Waals surface area (Å²) in [5.74, 6) is 0.960. The first-order valence-electron chi connectivity index (χ1n) is 9.90. The smallest absolute Gasteiger partial charge is 0.294 e. The molecule has 1 amide bonds. The molecule has 0 bridgehead atoms. The third-order valence-electron chi connectivity index (χ3n) is 5.13. The van der Waals surface area contributed by atoms with Crippen LogP contribution in [0.2, 0.25) is 0 Å². The van der Waals surface area contributed by atoms with Crippen LogP contribution < -0.4 is 14.6 Å². The van der Waals surface area contributed by atoms with E-state index in [2.05, 4.69) is 10.8 Å². The lowest BCUT2D eigenvalue weighted by Gasteiger charge is -2.13. The maximum absolute atomic E-state index is 13.0. The second kappa shape index (κ2) is 8.12. The molecule has 0 spiro atoms. The molecule has 2 aromatic rings. The Morgan fingerprint density at radius 3 is 2.53 bits per heavy atom. The minimum absolute atomic E-state index is 0.256. The lowest BCUT2D eigenvalue weighted by Crippen LogP contribution is -2.22. The highest BCUT2D eigenvalue weighted by Crippen LogP contribution is 2.38. The van der Waals surface area contributed by atoms with Crippen LogP contribution in [-0.4, -0.2) is 31.1 Å². The van der Waals surface area contributed by atoms with Gasteiger partial charge in [-0.1, -0.05) is 17.9 Å². The molecule has 0 radical (unpaired) electrons. The van der Waals surface area contributed by atoms with E-state index in [0.717, 1.165) is 11.4 Å². The van der Waals surface area contributed by atoms with Gasteiger partial charge in [-0.25, -0.2) is 0 Å². The van der Waals surface area contributed by atoms with Crippen molar-refractivity contribution in [1.29, 1.82) is 0 Å². The lowest BCUT2D eigenvalue weighted by molar-refractivity contribution is -0.114. The summed E-state index contributed by atoms with van der Waals surface area (Å²) in [5.41, 5.74) is 6.11. The standard InChI is InChI=1S/C23H21N3O5S/c1-4-25-19-7-5-6-8-20(19)31-21(25)14-9-15(2)22-16(3)24-26(23(22)27)17-10-12-18(13-11-17)32(28,29)30/h5-13H,4H2,1-3H3,(H,28,29,30). The first kappa shape index (κ1) is 21.6. The fraction of sp³-hybridized carbons (Fsp3) is 0.174. The molecule has 32 heavy (non-hydrogen) atoms. The number of fused-ring (bicyclic) bond motifs is 1. The van der Waals surface area contributed by atoms with E-state index in [4.69, 9.17) is 9.29 Å². The minimum atomic E-state index is -4.31. The number of rotatable bonds is 4. The summed E-state index contributed by atoms with van der Waals surface area (Å²) in [5, 5.41) is 5.51. The molecule has 164 valence electrons. The van der Waals surface area contributed by atoms with E-state index < -0.39 is 10.1 Å². The van der Waals surface area contributed by atoms with Crippen molar-refractivity contribution in [3.63, 3.8) is 0 Å². The van der Waals surface area contributed by atoms with Crippen molar-refractivity contribution in [3.05, 3.63) is 77.4 Å². The van der Waals surface area contributed by atoms with E-state index in [1.165, 1.54) is 29.3 Å². The molecular weight excluding hydrogens is 430 g/mol. The van der Waals surface area contributed by atoms with Crippen molar-refractivity contribution in [3.8, 4) is 5.75 Å². The van der Waals surface area contributed by atoms with E-state index in [1.807, 2.05) is 36.1 Å². The molecule has 2 aliphatic heterocycles. The largest absolute Gasteiger partial charge is 0.432 e. The zero-order valence-corrected chi connectivity index (χ0v) is 18.5. The first-order valence-corrected chi connectivity index (χ1v) is 11.3. The normalized spacial score (nSPS) is 17.1. The molecule has 2 aromatic carbocycles. The number of allylic oxidation sites excluding steroid dienone is 2. The van der Waals surface area contributed by atoms with Gasteiger partial charge in [-0.05, 0) is 68.8 Å². The summed E-state index contributed by atoms with van der Waals surface area (Å²) < 4.78 is 37.5. The van der Waals surface area contributed by atoms with E-state index in [9.17, 15) is 13.2 Å². The van der Waals surface area contributed by atoms with Crippen molar-refractivity contribution in [1.82, 2.24) is 0 Å². The zero-order chi connectivity index (χ0) is 23.0. The second-order valence-electron chi connectivity index (χ2n) is 7.24. The fourth-order valence-corrected chi connectivity index (χ4v) is 4.07. The van der Waals surface area contributed by atoms with Gasteiger partial charge in [0.05, 0.1) is 27.6 Å². The van der Waals surface area contributed by atoms with Crippen LogP contribution in [0.4, 0.5) is 11.4 Å². The molecule has 2 aliphatic rings. The maximum Gasteiger partial charge on any atom is 0.294 e. The van der Waals surface area contributed by atoms with Crippen molar-refractivity contribution >= 4 is 33.1 Å². The van der Waals surface area contributed by atoms with Gasteiger partial charge in [0.15, 0.2) is 5.75 Å². The minimum Gasteiger partial charge on any atom is -0.432 e. The average Bonchev–Trinajstić information content (AvgIpc) is 3.27. The number of ether oxygens (including phenoxy) is 1. The summed E-state index contributed by atoms with van der Waals surface area (Å²) in [6, 6.07) is 13.0. The first-order chi connectivity index (χ1) is 15.2. The monoisotopic (exact) mass is 451 g/mol. The summed E-state index contributed by atoms with van der Waals surface area (Å²) in [6.07, 6.45) is 1.70. The molecule has 2 heterocycles. The molecule has 0 aliphatic carbocycles. The Labute approximate surface area is 186 Å². The maximum atomic E-state index is 13.0. The molecule has 4 rings (SSSR count). The Balaban J connectivity index is 1.64. The van der Waals surface area contributed by atoms with E-state index >= 15 is 0 Å². The van der Waals surface area contributed by atoms with E-state index in [-0.39, 0.29) is 10.8 Å². The van der Waals surface area contributed by atoms with Gasteiger partial charge in [0.1, 0.15) is 0 Å². The van der Waals surface area contributed by atoms with Crippen LogP contribution in [0.5, 0.6) is 5.75 Å². The third-order valence-corrected chi connectivity index (χ3v) is 6.00. The number of carbonyl (C=O) groups is 1. The Morgan fingerprint density at radius 1 is 1.19 bits per heavy atom. The number of carbonyl (C=O) groups excluding carboxylic acids is 1. The van der Waals surface area contributed by atoms with Crippen LogP contribution >= 0.6 is 0 Å². The Kier molecular flexibility index (Phi) is 5.48. The highest BCUT2D eigenvalue weighted by Gasteiger charge is 2.30. The van der Waals surface area contributed by atoms with Crippen molar-refractivity contribution in [2.75, 3.05) is 16.5 Å². The fourth-order valence-electron chi connectivity index (χ4n) is 3.59.